The van der Waals surface area contributed by atoms with Crippen LogP contribution in [-0.4, -0.2) is 36.4 Å². The maximum absolute atomic E-state index is 13.5. The van der Waals surface area contributed by atoms with Crippen molar-refractivity contribution in [1.29, 1.82) is 0 Å². The zero-order valence-electron chi connectivity index (χ0n) is 29.0. The smallest absolute Gasteiger partial charge is 0.265 e. The minimum Gasteiger partial charge on any atom is -0.508 e. The van der Waals surface area contributed by atoms with Gasteiger partial charge in [-0.25, -0.2) is 19.3 Å². The standard InChI is InChI=1S/C38H50ClN5O5S/c1-3-5-6-7-8-9-10-11-14-35(49-31-22-26-33(27-23-31)50(47,48)32-24-20-30(45)21-25-32)38(46)41-29-18-16-28(17-19-29)13-12-15-36-42-43-37(44(36)40)34(39)4-2/h16-27,35,43,45H,3-15,40H2,1-2H3,(H,41,46)/b37-34+. The number of hydrogen-bond acceptors (Lipinski definition) is 9. The van der Waals surface area contributed by atoms with Crippen LogP contribution in [0.5, 0.6) is 11.5 Å². The van der Waals surface area contributed by atoms with Crippen molar-refractivity contribution in [3.05, 3.63) is 89.2 Å². The number of nitrogens with one attached hydrogen (secondary N) is 2. The van der Waals surface area contributed by atoms with Crippen molar-refractivity contribution in [1.82, 2.24) is 10.4 Å². The van der Waals surface area contributed by atoms with E-state index in [2.05, 4.69) is 22.8 Å². The van der Waals surface area contributed by atoms with Crippen molar-refractivity contribution in [2.24, 2.45) is 10.9 Å². The number of hydrazine groups is 1. The average molecular weight is 724 g/mol. The van der Waals surface area contributed by atoms with Crippen LogP contribution < -0.4 is 21.3 Å². The largest absolute Gasteiger partial charge is 0.508 e. The number of unbranched alkanes of at least 4 members (excludes halogenated alkanes) is 7. The normalized spacial score (nSPS) is 14.6. The molecule has 1 heterocycles. The maximum atomic E-state index is 13.5. The number of amides is 1. The number of phenolic OH excluding ortho intramolecular Hbond substituents is 1. The van der Waals surface area contributed by atoms with Crippen LogP contribution in [0.15, 0.2) is 98.5 Å². The van der Waals surface area contributed by atoms with Crippen molar-refractivity contribution < 1.29 is 23.1 Å². The molecule has 4 rings (SSSR count). The molecule has 12 heteroatoms. The number of hydrazone groups is 1. The molecule has 1 atom stereocenters. The lowest BCUT2D eigenvalue weighted by Gasteiger charge is -2.19. The Kier molecular flexibility index (Phi) is 15.0. The van der Waals surface area contributed by atoms with Gasteiger partial charge in [-0.15, -0.1) is 0 Å². The molecule has 0 saturated heterocycles. The van der Waals surface area contributed by atoms with E-state index in [9.17, 15) is 18.3 Å². The van der Waals surface area contributed by atoms with Crippen LogP contribution in [-0.2, 0) is 21.1 Å². The van der Waals surface area contributed by atoms with Crippen molar-refractivity contribution >= 4 is 38.9 Å². The fourth-order valence-corrected chi connectivity index (χ4v) is 7.04. The van der Waals surface area contributed by atoms with Gasteiger partial charge >= 0.3 is 0 Å². The Morgan fingerprint density at radius 1 is 0.880 bits per heavy atom. The number of carbonyl (C=O) groups is 1. The van der Waals surface area contributed by atoms with Crippen LogP contribution in [0.3, 0.4) is 0 Å². The predicted molar refractivity (Wildman–Crippen MR) is 199 cm³/mol. The van der Waals surface area contributed by atoms with Crippen molar-refractivity contribution in [2.45, 2.75) is 113 Å². The molecule has 270 valence electrons. The van der Waals surface area contributed by atoms with Crippen LogP contribution in [0.2, 0.25) is 0 Å². The molecule has 1 unspecified atom stereocenters. The molecule has 0 fully saturated rings. The van der Waals surface area contributed by atoms with Gasteiger partial charge in [0.25, 0.3) is 5.91 Å². The summed E-state index contributed by atoms with van der Waals surface area (Å²) in [4.78, 5) is 13.7. The number of nitrogens with zero attached hydrogens (tertiary/aromatic N) is 2. The Morgan fingerprint density at radius 3 is 2.10 bits per heavy atom. The first-order chi connectivity index (χ1) is 24.1. The van der Waals surface area contributed by atoms with Gasteiger partial charge in [0.05, 0.1) is 14.8 Å². The molecule has 0 spiro atoms. The average Bonchev–Trinajstić information content (AvgIpc) is 3.49. The molecule has 50 heavy (non-hydrogen) atoms. The summed E-state index contributed by atoms with van der Waals surface area (Å²) in [6.07, 6.45) is 11.9. The van der Waals surface area contributed by atoms with E-state index in [1.165, 1.54) is 73.5 Å². The minimum absolute atomic E-state index is 0.0119. The number of sulfone groups is 1. The van der Waals surface area contributed by atoms with E-state index < -0.39 is 15.9 Å². The zero-order chi connectivity index (χ0) is 35.9. The summed E-state index contributed by atoms with van der Waals surface area (Å²) >= 11 is 6.23. The first-order valence-electron chi connectivity index (χ1n) is 17.6. The number of ether oxygens (including phenoxy) is 1. The highest BCUT2D eigenvalue weighted by Crippen LogP contribution is 2.26. The third-order valence-corrected chi connectivity index (χ3v) is 10.9. The predicted octanol–water partition coefficient (Wildman–Crippen LogP) is 8.37. The van der Waals surface area contributed by atoms with Crippen LogP contribution in [0.25, 0.3) is 0 Å². The SMILES string of the molecule is CCCCCCCCCCC(Oc1ccc(S(=O)(=O)c2ccc(O)cc2)cc1)C(=O)Nc1ccc(CCCC2=NN/C(=C(\Cl)CC)N2N)cc1. The lowest BCUT2D eigenvalue weighted by Crippen LogP contribution is -2.34. The lowest BCUT2D eigenvalue weighted by atomic mass is 10.0. The van der Waals surface area contributed by atoms with E-state index in [4.69, 9.17) is 22.2 Å². The molecule has 1 aliphatic heterocycles. The summed E-state index contributed by atoms with van der Waals surface area (Å²) in [5.74, 6) is 7.63. The van der Waals surface area contributed by atoms with Gasteiger partial charge in [0.2, 0.25) is 9.84 Å². The Hall–Kier alpha value is -4.06. The fraction of sp³-hybridized carbons (Fsp3) is 0.421. The number of anilines is 1. The molecule has 5 N–H and O–H groups in total. The molecular weight excluding hydrogens is 674 g/mol. The van der Waals surface area contributed by atoms with Gasteiger partial charge in [-0.05, 0) is 98.3 Å². The van der Waals surface area contributed by atoms with Gasteiger partial charge < -0.3 is 15.2 Å². The summed E-state index contributed by atoms with van der Waals surface area (Å²) in [5.41, 5.74) is 4.69. The number of phenols is 1. The molecule has 3 aromatic carbocycles. The van der Waals surface area contributed by atoms with Crippen LogP contribution >= 0.6 is 11.6 Å². The van der Waals surface area contributed by atoms with Crippen LogP contribution in [0.4, 0.5) is 5.69 Å². The van der Waals surface area contributed by atoms with Gasteiger partial charge in [-0.3, -0.25) is 10.2 Å². The summed E-state index contributed by atoms with van der Waals surface area (Å²) in [6.45, 7) is 4.16. The third-order valence-electron chi connectivity index (χ3n) is 8.64. The van der Waals surface area contributed by atoms with E-state index in [1.807, 2.05) is 31.2 Å². The second-order valence-corrected chi connectivity index (χ2v) is 14.9. The van der Waals surface area contributed by atoms with Crippen LogP contribution in [0, 0.1) is 0 Å². The van der Waals surface area contributed by atoms with E-state index in [1.54, 1.807) is 12.1 Å². The number of amidine groups is 1. The molecular formula is C38H50ClN5O5S. The molecule has 10 nitrogen and oxygen atoms in total. The monoisotopic (exact) mass is 723 g/mol. The van der Waals surface area contributed by atoms with E-state index in [0.29, 0.717) is 41.6 Å². The quantitative estimate of drug-likeness (QED) is 0.0672. The Bertz CT molecular complexity index is 1690. The van der Waals surface area contributed by atoms with Gasteiger partial charge in [0.1, 0.15) is 17.3 Å². The van der Waals surface area contributed by atoms with Crippen molar-refractivity contribution in [3.63, 3.8) is 0 Å². The molecule has 0 radical (unpaired) electrons. The number of nitrogens with two attached hydrogens (primary N) is 1. The molecule has 0 saturated carbocycles. The van der Waals surface area contributed by atoms with Crippen molar-refractivity contribution in [3.8, 4) is 11.5 Å². The minimum atomic E-state index is -3.78. The first-order valence-corrected chi connectivity index (χ1v) is 19.4. The van der Waals surface area contributed by atoms with E-state index >= 15 is 0 Å². The summed E-state index contributed by atoms with van der Waals surface area (Å²) < 4.78 is 32.3. The third kappa shape index (κ3) is 11.2. The Morgan fingerprint density at radius 2 is 1.48 bits per heavy atom. The summed E-state index contributed by atoms with van der Waals surface area (Å²) in [6, 6.07) is 19.2. The fourth-order valence-electron chi connectivity index (χ4n) is 5.65. The topological polar surface area (TPSA) is 146 Å². The second kappa shape index (κ2) is 19.4. The molecule has 0 aromatic heterocycles. The molecule has 0 aliphatic carbocycles. The summed E-state index contributed by atoms with van der Waals surface area (Å²) in [7, 11) is -3.78. The number of rotatable bonds is 20. The second-order valence-electron chi connectivity index (χ2n) is 12.5. The van der Waals surface area contributed by atoms with Crippen molar-refractivity contribution in [2.75, 3.05) is 5.32 Å². The van der Waals surface area contributed by atoms with Gasteiger partial charge in [0.15, 0.2) is 11.9 Å². The lowest BCUT2D eigenvalue weighted by molar-refractivity contribution is -0.123. The van der Waals surface area contributed by atoms with E-state index in [-0.39, 0.29) is 21.4 Å². The number of carbonyl (C=O) groups excluding carboxylic acids is 1. The maximum Gasteiger partial charge on any atom is 0.265 e. The van der Waals surface area contributed by atoms with Gasteiger partial charge in [-0.1, -0.05) is 82.5 Å². The molecule has 3 aromatic rings. The van der Waals surface area contributed by atoms with Crippen LogP contribution in [0.1, 0.15) is 96.5 Å². The highest BCUT2D eigenvalue weighted by molar-refractivity contribution is 7.91. The number of benzene rings is 3. The molecule has 0 bridgehead atoms. The van der Waals surface area contributed by atoms with Gasteiger partial charge in [-0.2, -0.15) is 5.10 Å². The molecule has 1 amide bonds. The Balaban J connectivity index is 1.34. The Labute approximate surface area is 301 Å². The molecule has 1 aliphatic rings. The number of aryl methyl sites for hydroxylation is 1. The summed E-state index contributed by atoms with van der Waals surface area (Å²) in [5, 5.41) is 19.0. The number of allylic oxidation sites excluding steroid dienone is 1. The first kappa shape index (κ1) is 38.7. The number of halogens is 1. The number of aromatic hydroxyl groups is 1. The highest BCUT2D eigenvalue weighted by atomic mass is 35.5. The van der Waals surface area contributed by atoms with Gasteiger partial charge in [0, 0.05) is 12.1 Å². The zero-order valence-corrected chi connectivity index (χ0v) is 30.6. The highest BCUT2D eigenvalue weighted by Gasteiger charge is 2.23. The number of hydrogen-bond donors (Lipinski definition) is 4. The van der Waals surface area contributed by atoms with E-state index in [0.717, 1.165) is 43.5 Å².